The number of carbonyl (C=O) groups is 1. The number of rotatable bonds is 8. The molecule has 35 heavy (non-hydrogen) atoms. The molecule has 11 heteroatoms. The van der Waals surface area contributed by atoms with Gasteiger partial charge in [-0.25, -0.2) is 4.98 Å². The molecular formula is C24H31N7O4. The highest BCUT2D eigenvalue weighted by molar-refractivity contribution is 6.00. The van der Waals surface area contributed by atoms with Gasteiger partial charge in [0.1, 0.15) is 22.9 Å². The van der Waals surface area contributed by atoms with E-state index in [-0.39, 0.29) is 35.3 Å². The van der Waals surface area contributed by atoms with Gasteiger partial charge in [-0.2, -0.15) is 9.61 Å². The third-order valence-electron chi connectivity index (χ3n) is 7.44. The van der Waals surface area contributed by atoms with Crippen LogP contribution in [0.15, 0.2) is 35.4 Å². The number of carbonyl (C=O) groups excluding carboxylic acids is 1. The van der Waals surface area contributed by atoms with Gasteiger partial charge >= 0.3 is 0 Å². The predicted molar refractivity (Wildman–Crippen MR) is 131 cm³/mol. The summed E-state index contributed by atoms with van der Waals surface area (Å²) in [6, 6.07) is 5.35. The minimum atomic E-state index is -0.369. The molecule has 2 aliphatic carbocycles. The average Bonchev–Trinajstić information content (AvgIpc) is 3.26. The van der Waals surface area contributed by atoms with Crippen LogP contribution in [0, 0.1) is 0 Å². The van der Waals surface area contributed by atoms with E-state index in [0.717, 1.165) is 25.7 Å². The number of hydrogen-bond donors (Lipinski definition) is 3. The zero-order valence-corrected chi connectivity index (χ0v) is 20.4. The molecule has 0 unspecified atom stereocenters. The number of amides is 1. The summed E-state index contributed by atoms with van der Waals surface area (Å²) in [7, 11) is 5.11. The minimum Gasteiger partial charge on any atom is -0.381 e. The Morgan fingerprint density at radius 1 is 1.29 bits per heavy atom. The van der Waals surface area contributed by atoms with Crippen molar-refractivity contribution >= 4 is 28.9 Å². The van der Waals surface area contributed by atoms with Crippen molar-refractivity contribution < 1.29 is 14.3 Å². The molecule has 2 saturated carbocycles. The molecule has 3 aromatic rings. The second kappa shape index (κ2) is 8.97. The second-order valence-electron chi connectivity index (χ2n) is 9.39. The van der Waals surface area contributed by atoms with Crippen LogP contribution in [0.3, 0.4) is 0 Å². The molecule has 2 atom stereocenters. The standard InChI is InChI=1S/C24H31N7O4/c1-24(35-4)8-7-18(24)28-22(32)16-13-26-31-20(25-2)12-19(29-21(16)31)27-17-6-5-9-30(23(17)33)14-10-15(11-14)34-3/h5-6,9,12-15,18,25H,7-8,10-11H2,1-4H3,(H,27,29)(H,28,32)/t14-,15-,18-,24-/m1/s1. The van der Waals surface area contributed by atoms with Gasteiger partial charge < -0.3 is 30.0 Å². The Bertz CT molecular complexity index is 1310. The van der Waals surface area contributed by atoms with E-state index >= 15 is 0 Å². The smallest absolute Gasteiger partial charge is 0.274 e. The normalized spacial score (nSPS) is 25.5. The molecule has 0 aromatic carbocycles. The molecule has 2 fully saturated rings. The highest BCUT2D eigenvalue weighted by atomic mass is 16.5. The molecule has 1 amide bonds. The quantitative estimate of drug-likeness (QED) is 0.448. The molecule has 0 spiro atoms. The number of hydrogen-bond acceptors (Lipinski definition) is 8. The third-order valence-corrected chi connectivity index (χ3v) is 7.44. The lowest BCUT2D eigenvalue weighted by molar-refractivity contribution is -0.0828. The molecule has 0 bridgehead atoms. The third kappa shape index (κ3) is 4.04. The van der Waals surface area contributed by atoms with E-state index in [9.17, 15) is 9.59 Å². The summed E-state index contributed by atoms with van der Waals surface area (Å²) in [5, 5.41) is 13.6. The topological polar surface area (TPSA) is 124 Å². The number of nitrogens with one attached hydrogen (secondary N) is 3. The SMILES string of the molecule is CNc1cc(Nc2cccn([C@H]3C[C@H](OC)C3)c2=O)nc2c(C(=O)N[C@@H]3CC[C@@]3(C)OC)cnn12. The number of ether oxygens (including phenoxy) is 2. The van der Waals surface area contributed by atoms with Crippen LogP contribution in [0.25, 0.3) is 5.65 Å². The van der Waals surface area contributed by atoms with Gasteiger partial charge in [-0.3, -0.25) is 9.59 Å². The minimum absolute atomic E-state index is 0.0768. The van der Waals surface area contributed by atoms with Crippen molar-refractivity contribution in [3.8, 4) is 0 Å². The summed E-state index contributed by atoms with van der Waals surface area (Å²) in [5.74, 6) is 0.791. The van der Waals surface area contributed by atoms with Gasteiger partial charge in [0.15, 0.2) is 5.65 Å². The van der Waals surface area contributed by atoms with Crippen LogP contribution in [-0.2, 0) is 9.47 Å². The first-order valence-corrected chi connectivity index (χ1v) is 11.8. The Hall–Kier alpha value is -3.44. The van der Waals surface area contributed by atoms with Crippen molar-refractivity contribution in [1.82, 2.24) is 24.5 Å². The number of pyridine rings is 1. The number of aromatic nitrogens is 4. The first kappa shape index (κ1) is 23.3. The summed E-state index contributed by atoms with van der Waals surface area (Å²) in [4.78, 5) is 30.8. The number of fused-ring (bicyclic) bond motifs is 1. The highest BCUT2D eigenvalue weighted by Crippen LogP contribution is 2.35. The largest absolute Gasteiger partial charge is 0.381 e. The van der Waals surface area contributed by atoms with E-state index in [4.69, 9.17) is 9.47 Å². The summed E-state index contributed by atoms with van der Waals surface area (Å²) in [6.45, 7) is 1.99. The van der Waals surface area contributed by atoms with E-state index in [1.54, 1.807) is 48.7 Å². The predicted octanol–water partition coefficient (Wildman–Crippen LogP) is 2.32. The first-order chi connectivity index (χ1) is 16.9. The van der Waals surface area contributed by atoms with E-state index in [1.807, 2.05) is 13.0 Å². The maximum absolute atomic E-state index is 13.1. The summed E-state index contributed by atoms with van der Waals surface area (Å²) >= 11 is 0. The monoisotopic (exact) mass is 481 g/mol. The van der Waals surface area contributed by atoms with E-state index in [1.165, 1.54) is 6.20 Å². The molecule has 3 aromatic heterocycles. The molecule has 5 rings (SSSR count). The fourth-order valence-electron chi connectivity index (χ4n) is 4.75. The molecule has 0 aliphatic heterocycles. The van der Waals surface area contributed by atoms with Crippen molar-refractivity contribution in [3.05, 3.63) is 46.5 Å². The van der Waals surface area contributed by atoms with Gasteiger partial charge in [0, 0.05) is 39.6 Å². The first-order valence-electron chi connectivity index (χ1n) is 11.8. The fraction of sp³-hybridized carbons (Fsp3) is 0.500. The Labute approximate surface area is 202 Å². The fourth-order valence-corrected chi connectivity index (χ4v) is 4.75. The van der Waals surface area contributed by atoms with E-state index < -0.39 is 0 Å². The van der Waals surface area contributed by atoms with Crippen molar-refractivity contribution in [3.63, 3.8) is 0 Å². The summed E-state index contributed by atoms with van der Waals surface area (Å²) in [5.41, 5.74) is 0.638. The Balaban J connectivity index is 1.43. The number of anilines is 3. The molecule has 0 saturated heterocycles. The Morgan fingerprint density at radius 3 is 2.74 bits per heavy atom. The Morgan fingerprint density at radius 2 is 2.09 bits per heavy atom. The molecular weight excluding hydrogens is 450 g/mol. The molecule has 3 N–H and O–H groups in total. The molecule has 11 nitrogen and oxygen atoms in total. The van der Waals surface area contributed by atoms with E-state index in [0.29, 0.717) is 28.5 Å². The lowest BCUT2D eigenvalue weighted by Gasteiger charge is -2.45. The van der Waals surface area contributed by atoms with Gasteiger partial charge in [0.05, 0.1) is 23.9 Å². The van der Waals surface area contributed by atoms with Gasteiger partial charge in [0.2, 0.25) is 0 Å². The van der Waals surface area contributed by atoms with E-state index in [2.05, 4.69) is 26.0 Å². The Kier molecular flexibility index (Phi) is 5.97. The number of nitrogens with zero attached hydrogens (tertiary/aromatic N) is 4. The molecule has 2 aliphatic rings. The van der Waals surface area contributed by atoms with Gasteiger partial charge in [0.25, 0.3) is 11.5 Å². The van der Waals surface area contributed by atoms with Gasteiger partial charge in [-0.15, -0.1) is 0 Å². The van der Waals surface area contributed by atoms with Crippen molar-refractivity contribution in [1.29, 1.82) is 0 Å². The van der Waals surface area contributed by atoms with Crippen LogP contribution >= 0.6 is 0 Å². The summed E-state index contributed by atoms with van der Waals surface area (Å²) < 4.78 is 14.2. The van der Waals surface area contributed by atoms with Crippen LogP contribution in [0.4, 0.5) is 17.3 Å². The van der Waals surface area contributed by atoms with Crippen LogP contribution in [0.2, 0.25) is 0 Å². The molecule has 0 radical (unpaired) electrons. The average molecular weight is 482 g/mol. The summed E-state index contributed by atoms with van der Waals surface area (Å²) in [6.07, 6.45) is 6.86. The van der Waals surface area contributed by atoms with Gasteiger partial charge in [-0.1, -0.05) is 0 Å². The van der Waals surface area contributed by atoms with Crippen LogP contribution in [0.5, 0.6) is 0 Å². The maximum atomic E-state index is 13.1. The lowest BCUT2D eigenvalue weighted by atomic mass is 9.76. The number of methoxy groups -OCH3 is 2. The van der Waals surface area contributed by atoms with Crippen molar-refractivity contribution in [2.45, 2.75) is 56.4 Å². The zero-order valence-electron chi connectivity index (χ0n) is 20.4. The van der Waals surface area contributed by atoms with Crippen LogP contribution in [0.1, 0.15) is 49.0 Å². The molecule has 186 valence electrons. The van der Waals surface area contributed by atoms with Gasteiger partial charge in [-0.05, 0) is 44.7 Å². The second-order valence-corrected chi connectivity index (χ2v) is 9.39. The molecule has 3 heterocycles. The lowest BCUT2D eigenvalue weighted by Crippen LogP contribution is -2.59. The zero-order chi connectivity index (χ0) is 24.7. The van der Waals surface area contributed by atoms with Crippen molar-refractivity contribution in [2.75, 3.05) is 31.9 Å². The highest BCUT2D eigenvalue weighted by Gasteiger charge is 2.44. The maximum Gasteiger partial charge on any atom is 0.274 e. The van der Waals surface area contributed by atoms with Crippen molar-refractivity contribution in [2.24, 2.45) is 0 Å². The van der Waals surface area contributed by atoms with Crippen LogP contribution in [-0.4, -0.2) is 64.1 Å². The van der Waals surface area contributed by atoms with Crippen LogP contribution < -0.4 is 21.5 Å².